The molecular formula is C19H20FNO5. The third-order valence-corrected chi connectivity index (χ3v) is 4.41. The third-order valence-electron chi connectivity index (χ3n) is 4.41. The summed E-state index contributed by atoms with van der Waals surface area (Å²) in [4.78, 5) is 15.8. The minimum atomic E-state index is -1.75. The molecule has 1 unspecified atom stereocenters. The van der Waals surface area contributed by atoms with E-state index in [1.165, 1.54) is 12.3 Å². The van der Waals surface area contributed by atoms with Gasteiger partial charge in [-0.25, -0.2) is 9.78 Å². The summed E-state index contributed by atoms with van der Waals surface area (Å²) in [6.07, 6.45) is 0.324. The van der Waals surface area contributed by atoms with E-state index in [0.29, 0.717) is 13.2 Å². The predicted octanol–water partition coefficient (Wildman–Crippen LogP) is 3.17. The van der Waals surface area contributed by atoms with Gasteiger partial charge in [0.05, 0.1) is 25.4 Å². The van der Waals surface area contributed by atoms with E-state index in [-0.39, 0.29) is 24.2 Å². The molecule has 1 saturated heterocycles. The number of carbonyl (C=O) groups is 1. The van der Waals surface area contributed by atoms with E-state index < -0.39 is 23.8 Å². The Labute approximate surface area is 150 Å². The van der Waals surface area contributed by atoms with Crippen molar-refractivity contribution in [3.05, 3.63) is 65.2 Å². The molecule has 1 N–H and O–H groups in total. The molecule has 1 aliphatic heterocycles. The predicted molar refractivity (Wildman–Crippen MR) is 89.7 cm³/mol. The van der Waals surface area contributed by atoms with E-state index >= 15 is 0 Å². The quantitative estimate of drug-likeness (QED) is 0.763. The van der Waals surface area contributed by atoms with Gasteiger partial charge in [-0.1, -0.05) is 37.3 Å². The molecule has 6 nitrogen and oxygen atoms in total. The fourth-order valence-corrected chi connectivity index (χ4v) is 3.03. The molecule has 0 saturated carbocycles. The number of carboxylic acid groups (broad SMARTS) is 1. The molecule has 1 atom stereocenters. The van der Waals surface area contributed by atoms with Crippen LogP contribution in [-0.2, 0) is 31.2 Å². The Kier molecular flexibility index (Phi) is 5.61. The minimum absolute atomic E-state index is 0.0256. The van der Waals surface area contributed by atoms with Crippen LogP contribution in [0, 0.1) is 5.95 Å². The fraction of sp³-hybridized carbons (Fsp3) is 0.368. The van der Waals surface area contributed by atoms with Crippen LogP contribution in [0.15, 0.2) is 42.6 Å². The molecule has 0 spiro atoms. The number of aliphatic carboxylic acids is 1. The zero-order valence-corrected chi connectivity index (χ0v) is 14.4. The summed E-state index contributed by atoms with van der Waals surface area (Å²) < 4.78 is 31.1. The second-order valence-corrected chi connectivity index (χ2v) is 5.90. The number of ether oxygens (including phenoxy) is 3. The number of aromatic nitrogens is 1. The van der Waals surface area contributed by atoms with Crippen molar-refractivity contribution in [1.82, 2.24) is 4.98 Å². The SMILES string of the molecule is CCC(OCc1ccccc1)(C(=O)O)c1ccnc(F)c1C1OCCO1. The molecule has 3 rings (SSSR count). The largest absolute Gasteiger partial charge is 0.479 e. The highest BCUT2D eigenvalue weighted by Gasteiger charge is 2.44. The van der Waals surface area contributed by atoms with Crippen LogP contribution in [-0.4, -0.2) is 29.3 Å². The van der Waals surface area contributed by atoms with Crippen molar-refractivity contribution in [2.45, 2.75) is 31.8 Å². The molecule has 138 valence electrons. The lowest BCUT2D eigenvalue weighted by Crippen LogP contribution is -2.39. The smallest absolute Gasteiger partial charge is 0.340 e. The van der Waals surface area contributed by atoms with Gasteiger partial charge in [0.15, 0.2) is 11.9 Å². The van der Waals surface area contributed by atoms with E-state index in [9.17, 15) is 14.3 Å². The van der Waals surface area contributed by atoms with E-state index in [2.05, 4.69) is 4.98 Å². The van der Waals surface area contributed by atoms with Crippen LogP contribution in [0.2, 0.25) is 0 Å². The van der Waals surface area contributed by atoms with Crippen molar-refractivity contribution < 1.29 is 28.5 Å². The highest BCUT2D eigenvalue weighted by atomic mass is 19.1. The normalized spacial score (nSPS) is 17.2. The molecule has 1 aromatic heterocycles. The number of benzene rings is 1. The molecule has 0 aliphatic carbocycles. The Morgan fingerprint density at radius 3 is 2.62 bits per heavy atom. The van der Waals surface area contributed by atoms with Gasteiger partial charge in [-0.3, -0.25) is 0 Å². The van der Waals surface area contributed by atoms with Crippen LogP contribution in [0.3, 0.4) is 0 Å². The van der Waals surface area contributed by atoms with Gasteiger partial charge in [0, 0.05) is 11.8 Å². The highest BCUT2D eigenvalue weighted by Crippen LogP contribution is 2.38. The minimum Gasteiger partial charge on any atom is -0.479 e. The molecule has 0 radical (unpaired) electrons. The van der Waals surface area contributed by atoms with Gasteiger partial charge in [-0.05, 0) is 18.1 Å². The first-order valence-electron chi connectivity index (χ1n) is 8.38. The molecule has 7 heteroatoms. The van der Waals surface area contributed by atoms with Gasteiger partial charge in [0.25, 0.3) is 0 Å². The van der Waals surface area contributed by atoms with E-state index in [0.717, 1.165) is 5.56 Å². The molecule has 26 heavy (non-hydrogen) atoms. The second kappa shape index (κ2) is 7.90. The van der Waals surface area contributed by atoms with Crippen LogP contribution >= 0.6 is 0 Å². The van der Waals surface area contributed by atoms with Crippen LogP contribution in [0.25, 0.3) is 0 Å². The van der Waals surface area contributed by atoms with Crippen molar-refractivity contribution in [2.24, 2.45) is 0 Å². The Morgan fingerprint density at radius 2 is 2.00 bits per heavy atom. The summed E-state index contributed by atoms with van der Waals surface area (Å²) >= 11 is 0. The van der Waals surface area contributed by atoms with Gasteiger partial charge >= 0.3 is 5.97 Å². The maximum atomic E-state index is 14.5. The molecule has 1 aliphatic rings. The summed E-state index contributed by atoms with van der Waals surface area (Å²) in [5.74, 6) is -2.03. The van der Waals surface area contributed by atoms with Gasteiger partial charge in [-0.2, -0.15) is 4.39 Å². The van der Waals surface area contributed by atoms with Crippen molar-refractivity contribution >= 4 is 5.97 Å². The number of carboxylic acids is 1. The average Bonchev–Trinajstić information content (AvgIpc) is 3.17. The fourth-order valence-electron chi connectivity index (χ4n) is 3.03. The summed E-state index contributed by atoms with van der Waals surface area (Å²) in [5, 5.41) is 9.96. The second-order valence-electron chi connectivity index (χ2n) is 5.90. The lowest BCUT2D eigenvalue weighted by atomic mass is 9.87. The van der Waals surface area contributed by atoms with Crippen molar-refractivity contribution in [1.29, 1.82) is 0 Å². The third kappa shape index (κ3) is 3.46. The summed E-state index contributed by atoms with van der Waals surface area (Å²) in [5.41, 5.74) is -0.800. The zero-order chi connectivity index (χ0) is 18.6. The number of halogens is 1. The van der Waals surface area contributed by atoms with Crippen molar-refractivity contribution in [3.63, 3.8) is 0 Å². The van der Waals surface area contributed by atoms with Gasteiger partial charge < -0.3 is 19.3 Å². The van der Waals surface area contributed by atoms with Gasteiger partial charge in [-0.15, -0.1) is 0 Å². The van der Waals surface area contributed by atoms with Crippen molar-refractivity contribution in [2.75, 3.05) is 13.2 Å². The molecule has 1 aromatic carbocycles. The summed E-state index contributed by atoms with van der Waals surface area (Å²) in [7, 11) is 0. The lowest BCUT2D eigenvalue weighted by molar-refractivity contribution is -0.171. The molecule has 2 heterocycles. The summed E-state index contributed by atoms with van der Waals surface area (Å²) in [6.45, 7) is 2.35. The Bertz CT molecular complexity index is 764. The number of pyridine rings is 1. The van der Waals surface area contributed by atoms with Crippen LogP contribution in [0.5, 0.6) is 0 Å². The number of nitrogens with zero attached hydrogens (tertiary/aromatic N) is 1. The first kappa shape index (κ1) is 18.4. The van der Waals surface area contributed by atoms with Crippen LogP contribution in [0.4, 0.5) is 4.39 Å². The molecular weight excluding hydrogens is 341 g/mol. The van der Waals surface area contributed by atoms with Crippen LogP contribution < -0.4 is 0 Å². The van der Waals surface area contributed by atoms with E-state index in [1.54, 1.807) is 6.92 Å². The maximum absolute atomic E-state index is 14.5. The number of rotatable bonds is 7. The molecule has 1 fully saturated rings. The summed E-state index contributed by atoms with van der Waals surface area (Å²) in [6, 6.07) is 10.7. The standard InChI is InChI=1S/C19H20FNO5/c1-2-19(18(22)23,26-12-13-6-4-3-5-7-13)14-8-9-21-16(20)15(14)17-24-10-11-25-17/h3-9,17H,2,10-12H2,1H3,(H,22,23). The molecule has 0 amide bonds. The Hall–Kier alpha value is -2.35. The molecule has 0 bridgehead atoms. The van der Waals surface area contributed by atoms with Crippen molar-refractivity contribution in [3.8, 4) is 0 Å². The average molecular weight is 361 g/mol. The Morgan fingerprint density at radius 1 is 1.31 bits per heavy atom. The number of hydrogen-bond donors (Lipinski definition) is 1. The van der Waals surface area contributed by atoms with Crippen LogP contribution in [0.1, 0.15) is 36.3 Å². The monoisotopic (exact) mass is 361 g/mol. The van der Waals surface area contributed by atoms with Gasteiger partial charge in [0.1, 0.15) is 0 Å². The zero-order valence-electron chi connectivity index (χ0n) is 14.4. The maximum Gasteiger partial charge on any atom is 0.340 e. The van der Waals surface area contributed by atoms with E-state index in [4.69, 9.17) is 14.2 Å². The first-order valence-corrected chi connectivity index (χ1v) is 8.38. The topological polar surface area (TPSA) is 77.9 Å². The first-order chi connectivity index (χ1) is 12.6. The van der Waals surface area contributed by atoms with E-state index in [1.807, 2.05) is 30.3 Å². The molecule has 2 aromatic rings. The van der Waals surface area contributed by atoms with Gasteiger partial charge in [0.2, 0.25) is 5.95 Å². The number of hydrogen-bond acceptors (Lipinski definition) is 5. The lowest BCUT2D eigenvalue weighted by Gasteiger charge is -2.31. The highest BCUT2D eigenvalue weighted by molar-refractivity contribution is 5.80. The Balaban J connectivity index is 2.02.